The maximum Gasteiger partial charge on any atom is 0.253 e. The molecule has 1 aromatic carbocycles. The van der Waals surface area contributed by atoms with Crippen LogP contribution < -0.4 is 4.74 Å². The quantitative estimate of drug-likeness (QED) is 0.763. The van der Waals surface area contributed by atoms with E-state index in [-0.39, 0.29) is 5.91 Å². The van der Waals surface area contributed by atoms with E-state index in [1.165, 1.54) is 6.42 Å². The molecule has 0 aliphatic carbocycles. The molecule has 0 unspecified atom stereocenters. The summed E-state index contributed by atoms with van der Waals surface area (Å²) >= 11 is 0. The Bertz CT molecular complexity index is 370. The molecule has 0 bridgehead atoms. The second-order valence-electron chi connectivity index (χ2n) is 4.03. The van der Waals surface area contributed by atoms with Crippen LogP contribution in [0.3, 0.4) is 0 Å². The van der Waals surface area contributed by atoms with Gasteiger partial charge in [0.15, 0.2) is 0 Å². The summed E-state index contributed by atoms with van der Waals surface area (Å²) in [5.41, 5.74) is 0.683. The van der Waals surface area contributed by atoms with E-state index in [1.807, 2.05) is 17.0 Å². The minimum Gasteiger partial charge on any atom is -0.490 e. The summed E-state index contributed by atoms with van der Waals surface area (Å²) in [5, 5.41) is 0. The van der Waals surface area contributed by atoms with E-state index in [0.29, 0.717) is 11.3 Å². The lowest BCUT2D eigenvalue weighted by Gasteiger charge is -2.26. The molecule has 1 radical (unpaired) electrons. The normalized spacial score (nSPS) is 15.9. The second-order valence-corrected chi connectivity index (χ2v) is 4.03. The van der Waals surface area contributed by atoms with E-state index in [1.54, 1.807) is 12.1 Å². The van der Waals surface area contributed by atoms with Gasteiger partial charge in [0.25, 0.3) is 5.91 Å². The van der Waals surface area contributed by atoms with E-state index in [4.69, 9.17) is 4.74 Å². The Hall–Kier alpha value is -1.51. The van der Waals surface area contributed by atoms with Gasteiger partial charge in [-0.2, -0.15) is 0 Å². The zero-order chi connectivity index (χ0) is 11.4. The summed E-state index contributed by atoms with van der Waals surface area (Å²) in [6.45, 7) is 1.74. The Morgan fingerprint density at radius 1 is 1.25 bits per heavy atom. The predicted molar refractivity (Wildman–Crippen MR) is 62.2 cm³/mol. The number of carbonyl (C=O) groups is 1. The van der Waals surface area contributed by atoms with E-state index in [9.17, 15) is 4.79 Å². The van der Waals surface area contributed by atoms with E-state index in [2.05, 4.69) is 7.11 Å². The first-order valence-electron chi connectivity index (χ1n) is 5.62. The molecule has 0 N–H and O–H groups in total. The van der Waals surface area contributed by atoms with Crippen LogP contribution in [0.15, 0.2) is 24.3 Å². The van der Waals surface area contributed by atoms with Crippen molar-refractivity contribution in [1.29, 1.82) is 0 Å². The van der Waals surface area contributed by atoms with Crippen molar-refractivity contribution >= 4 is 5.91 Å². The van der Waals surface area contributed by atoms with Crippen molar-refractivity contribution in [3.63, 3.8) is 0 Å². The third kappa shape index (κ3) is 2.35. The fourth-order valence-electron chi connectivity index (χ4n) is 2.00. The minimum absolute atomic E-state index is 0.0959. The Kier molecular flexibility index (Phi) is 3.44. The summed E-state index contributed by atoms with van der Waals surface area (Å²) in [7, 11) is 3.34. The predicted octanol–water partition coefficient (Wildman–Crippen LogP) is 2.48. The maximum atomic E-state index is 12.1. The average Bonchev–Trinajstić information content (AvgIpc) is 2.39. The van der Waals surface area contributed by atoms with Gasteiger partial charge in [0.2, 0.25) is 0 Å². The van der Waals surface area contributed by atoms with Gasteiger partial charge in [-0.25, -0.2) is 0 Å². The molecule has 3 nitrogen and oxygen atoms in total. The molecule has 3 heteroatoms. The summed E-state index contributed by atoms with van der Waals surface area (Å²) in [4.78, 5) is 14.0. The highest BCUT2D eigenvalue weighted by Gasteiger charge is 2.18. The van der Waals surface area contributed by atoms with Gasteiger partial charge in [-0.1, -0.05) is 6.07 Å². The maximum absolute atomic E-state index is 12.1. The number of nitrogens with zero attached hydrogens (tertiary/aromatic N) is 1. The Labute approximate surface area is 96.0 Å². The van der Waals surface area contributed by atoms with E-state index < -0.39 is 0 Å². The molecule has 1 saturated heterocycles. The Balaban J connectivity index is 2.12. The molecule has 16 heavy (non-hydrogen) atoms. The van der Waals surface area contributed by atoms with Crippen LogP contribution in [-0.4, -0.2) is 23.9 Å². The minimum atomic E-state index is 0.0959. The van der Waals surface area contributed by atoms with Crippen molar-refractivity contribution < 1.29 is 9.53 Å². The molecule has 1 heterocycles. The molecule has 0 saturated carbocycles. The van der Waals surface area contributed by atoms with Gasteiger partial charge in [-0.15, -0.1) is 0 Å². The highest BCUT2D eigenvalue weighted by molar-refractivity contribution is 5.94. The summed E-state index contributed by atoms with van der Waals surface area (Å²) in [5.74, 6) is 0.724. The number of amides is 1. The van der Waals surface area contributed by atoms with Crippen LogP contribution >= 0.6 is 0 Å². The first kappa shape index (κ1) is 11.0. The lowest BCUT2D eigenvalue weighted by molar-refractivity contribution is 0.0724. The van der Waals surface area contributed by atoms with Gasteiger partial charge >= 0.3 is 0 Å². The van der Waals surface area contributed by atoms with Gasteiger partial charge in [-0.3, -0.25) is 4.79 Å². The van der Waals surface area contributed by atoms with Crippen molar-refractivity contribution in [3.05, 3.63) is 36.9 Å². The van der Waals surface area contributed by atoms with Gasteiger partial charge in [0, 0.05) is 18.7 Å². The lowest BCUT2D eigenvalue weighted by atomic mass is 10.1. The molecule has 0 spiro atoms. The molecule has 1 fully saturated rings. The van der Waals surface area contributed by atoms with Crippen LogP contribution in [0.1, 0.15) is 29.6 Å². The topological polar surface area (TPSA) is 29.5 Å². The smallest absolute Gasteiger partial charge is 0.253 e. The van der Waals surface area contributed by atoms with Gasteiger partial charge < -0.3 is 9.64 Å². The molecular weight excluding hydrogens is 202 g/mol. The third-order valence-corrected chi connectivity index (χ3v) is 2.89. The Morgan fingerprint density at radius 2 is 2.00 bits per heavy atom. The van der Waals surface area contributed by atoms with Crippen molar-refractivity contribution in [2.45, 2.75) is 19.3 Å². The molecule has 1 aromatic rings. The fraction of sp³-hybridized carbons (Fsp3) is 0.385. The standard InChI is InChI=1S/C13H16NO2/c1-16-12-7-5-6-11(10-12)13(15)14-8-3-2-4-9-14/h5-7,10H,1-4,8-9H2. The van der Waals surface area contributed by atoms with Crippen LogP contribution in [0.4, 0.5) is 0 Å². The fourth-order valence-corrected chi connectivity index (χ4v) is 2.00. The molecule has 2 rings (SSSR count). The van der Waals surface area contributed by atoms with Gasteiger partial charge in [0.05, 0.1) is 0 Å². The second kappa shape index (κ2) is 5.01. The lowest BCUT2D eigenvalue weighted by Crippen LogP contribution is -2.35. The van der Waals surface area contributed by atoms with Gasteiger partial charge in [0.1, 0.15) is 12.9 Å². The number of hydrogen-bond acceptors (Lipinski definition) is 2. The largest absolute Gasteiger partial charge is 0.490 e. The van der Waals surface area contributed by atoms with Crippen molar-refractivity contribution in [2.24, 2.45) is 0 Å². The number of hydrogen-bond donors (Lipinski definition) is 0. The summed E-state index contributed by atoms with van der Waals surface area (Å²) in [6, 6.07) is 7.17. The van der Waals surface area contributed by atoms with Crippen LogP contribution in [0.5, 0.6) is 5.75 Å². The number of ether oxygens (including phenoxy) is 1. The van der Waals surface area contributed by atoms with Crippen LogP contribution in [0.25, 0.3) is 0 Å². The molecule has 85 valence electrons. The molecular formula is C13H16NO2. The number of benzene rings is 1. The number of carbonyl (C=O) groups excluding carboxylic acids is 1. The number of rotatable bonds is 2. The zero-order valence-corrected chi connectivity index (χ0v) is 9.32. The molecule has 0 aromatic heterocycles. The van der Waals surface area contributed by atoms with Crippen LogP contribution in [0.2, 0.25) is 0 Å². The molecule has 1 aliphatic rings. The van der Waals surface area contributed by atoms with Crippen molar-refractivity contribution in [3.8, 4) is 5.75 Å². The summed E-state index contributed by atoms with van der Waals surface area (Å²) in [6.07, 6.45) is 3.44. The monoisotopic (exact) mass is 218 g/mol. The van der Waals surface area contributed by atoms with Crippen LogP contribution in [-0.2, 0) is 0 Å². The highest BCUT2D eigenvalue weighted by Crippen LogP contribution is 2.17. The highest BCUT2D eigenvalue weighted by atomic mass is 16.5. The Morgan fingerprint density at radius 3 is 2.69 bits per heavy atom. The van der Waals surface area contributed by atoms with E-state index >= 15 is 0 Å². The van der Waals surface area contributed by atoms with E-state index in [0.717, 1.165) is 25.9 Å². The van der Waals surface area contributed by atoms with Gasteiger partial charge in [-0.05, 0) is 37.5 Å². The zero-order valence-electron chi connectivity index (χ0n) is 9.32. The molecule has 1 amide bonds. The first-order valence-corrected chi connectivity index (χ1v) is 5.62. The number of piperidine rings is 1. The van der Waals surface area contributed by atoms with Crippen molar-refractivity contribution in [1.82, 2.24) is 4.90 Å². The first-order chi connectivity index (χ1) is 7.81. The van der Waals surface area contributed by atoms with Crippen LogP contribution in [0, 0.1) is 7.11 Å². The molecule has 1 aliphatic heterocycles. The summed E-state index contributed by atoms with van der Waals surface area (Å²) < 4.78 is 4.87. The third-order valence-electron chi connectivity index (χ3n) is 2.89. The molecule has 0 atom stereocenters. The average molecular weight is 218 g/mol. The number of likely N-dealkylation sites (tertiary alicyclic amines) is 1. The van der Waals surface area contributed by atoms with Crippen molar-refractivity contribution in [2.75, 3.05) is 13.1 Å². The SMILES string of the molecule is [CH2]Oc1cccc(C(=O)N2CCCCC2)c1.